The standard InChI is InChI=1S/C23H33N3O4S/c1-16(2)19-11-13-21(14-12-19)26(31(28,29)23-17(3)25-30-18(23)4)15-22(27)24-20-9-7-5-6-8-10-20/h11-14,16,20H,5-10,15H2,1-4H3,(H,24,27). The summed E-state index contributed by atoms with van der Waals surface area (Å²) in [5, 5.41) is 6.85. The lowest BCUT2D eigenvalue weighted by atomic mass is 10.0. The zero-order valence-electron chi connectivity index (χ0n) is 18.8. The van der Waals surface area contributed by atoms with Gasteiger partial charge in [-0.1, -0.05) is 56.8 Å². The summed E-state index contributed by atoms with van der Waals surface area (Å²) in [6, 6.07) is 7.41. The molecule has 1 saturated carbocycles. The van der Waals surface area contributed by atoms with E-state index in [4.69, 9.17) is 4.52 Å². The van der Waals surface area contributed by atoms with Gasteiger partial charge in [0.15, 0.2) is 10.7 Å². The smallest absolute Gasteiger partial charge is 0.270 e. The maximum absolute atomic E-state index is 13.6. The van der Waals surface area contributed by atoms with Gasteiger partial charge in [-0.25, -0.2) is 8.42 Å². The van der Waals surface area contributed by atoms with Crippen molar-refractivity contribution >= 4 is 21.6 Å². The number of nitrogens with zero attached hydrogens (tertiary/aromatic N) is 2. The number of aromatic nitrogens is 1. The molecule has 170 valence electrons. The van der Waals surface area contributed by atoms with E-state index >= 15 is 0 Å². The van der Waals surface area contributed by atoms with Crippen LogP contribution in [0, 0.1) is 13.8 Å². The second-order valence-corrected chi connectivity index (χ2v) is 10.5. The largest absolute Gasteiger partial charge is 0.360 e. The van der Waals surface area contributed by atoms with E-state index in [1.165, 1.54) is 12.8 Å². The summed E-state index contributed by atoms with van der Waals surface area (Å²) >= 11 is 0. The minimum absolute atomic E-state index is 0.0164. The molecule has 0 saturated heterocycles. The lowest BCUT2D eigenvalue weighted by Gasteiger charge is -2.25. The van der Waals surface area contributed by atoms with Crippen LogP contribution in [-0.4, -0.2) is 32.1 Å². The van der Waals surface area contributed by atoms with Gasteiger partial charge in [-0.05, 0) is 50.3 Å². The summed E-state index contributed by atoms with van der Waals surface area (Å²) in [5.41, 5.74) is 1.83. The van der Waals surface area contributed by atoms with Gasteiger partial charge in [-0.3, -0.25) is 9.10 Å². The lowest BCUT2D eigenvalue weighted by molar-refractivity contribution is -0.120. The molecular weight excluding hydrogens is 414 g/mol. The van der Waals surface area contributed by atoms with Crippen molar-refractivity contribution in [2.24, 2.45) is 0 Å². The number of sulfonamides is 1. The van der Waals surface area contributed by atoms with Gasteiger partial charge in [0.25, 0.3) is 10.0 Å². The first-order valence-corrected chi connectivity index (χ1v) is 12.5. The predicted octanol–water partition coefficient (Wildman–Crippen LogP) is 4.45. The Morgan fingerprint density at radius 1 is 1.13 bits per heavy atom. The number of nitrogens with one attached hydrogen (secondary N) is 1. The van der Waals surface area contributed by atoms with E-state index in [2.05, 4.69) is 24.3 Å². The van der Waals surface area contributed by atoms with E-state index in [9.17, 15) is 13.2 Å². The molecule has 0 radical (unpaired) electrons. The maximum Gasteiger partial charge on any atom is 0.270 e. The van der Waals surface area contributed by atoms with Crippen LogP contribution in [0.25, 0.3) is 0 Å². The summed E-state index contributed by atoms with van der Waals surface area (Å²) < 4.78 is 33.4. The van der Waals surface area contributed by atoms with Gasteiger partial charge in [-0.2, -0.15) is 0 Å². The molecule has 0 atom stereocenters. The van der Waals surface area contributed by atoms with Gasteiger partial charge in [0.05, 0.1) is 5.69 Å². The average Bonchev–Trinajstić information content (AvgIpc) is 2.91. The van der Waals surface area contributed by atoms with Crippen molar-refractivity contribution in [3.8, 4) is 0 Å². The third-order valence-corrected chi connectivity index (χ3v) is 7.89. The fraction of sp³-hybridized carbons (Fsp3) is 0.565. The molecule has 2 aromatic rings. The highest BCUT2D eigenvalue weighted by Gasteiger charge is 2.33. The average molecular weight is 448 g/mol. The summed E-state index contributed by atoms with van der Waals surface area (Å²) in [6.45, 7) is 7.03. The predicted molar refractivity (Wildman–Crippen MR) is 121 cm³/mol. The Morgan fingerprint density at radius 3 is 2.26 bits per heavy atom. The fourth-order valence-corrected chi connectivity index (χ4v) is 5.84. The highest BCUT2D eigenvalue weighted by Crippen LogP contribution is 2.29. The van der Waals surface area contributed by atoms with Crippen molar-refractivity contribution in [2.75, 3.05) is 10.8 Å². The zero-order chi connectivity index (χ0) is 22.6. The van der Waals surface area contributed by atoms with Gasteiger partial charge in [0.2, 0.25) is 5.91 Å². The van der Waals surface area contributed by atoms with Gasteiger partial charge >= 0.3 is 0 Å². The summed E-state index contributed by atoms with van der Waals surface area (Å²) in [6.07, 6.45) is 6.41. The first-order chi connectivity index (χ1) is 14.7. The normalized spacial score (nSPS) is 15.6. The van der Waals surface area contributed by atoms with E-state index in [1.54, 1.807) is 26.0 Å². The van der Waals surface area contributed by atoms with Crippen molar-refractivity contribution in [2.45, 2.75) is 83.1 Å². The summed E-state index contributed by atoms with van der Waals surface area (Å²) in [4.78, 5) is 12.9. The zero-order valence-corrected chi connectivity index (χ0v) is 19.7. The lowest BCUT2D eigenvalue weighted by Crippen LogP contribution is -2.44. The van der Waals surface area contributed by atoms with Crippen LogP contribution in [0.1, 0.15) is 75.3 Å². The second kappa shape index (κ2) is 9.85. The van der Waals surface area contributed by atoms with Crippen LogP contribution in [0.15, 0.2) is 33.7 Å². The van der Waals surface area contributed by atoms with Gasteiger partial charge in [-0.15, -0.1) is 0 Å². The Bertz CT molecular complexity index is 969. The molecule has 0 aliphatic heterocycles. The monoisotopic (exact) mass is 447 g/mol. The number of carbonyl (C=O) groups excluding carboxylic acids is 1. The Balaban J connectivity index is 1.91. The van der Waals surface area contributed by atoms with Crippen molar-refractivity contribution in [1.82, 2.24) is 10.5 Å². The number of rotatable bonds is 7. The van der Waals surface area contributed by atoms with E-state index in [-0.39, 0.29) is 34.8 Å². The number of hydrogen-bond donors (Lipinski definition) is 1. The van der Waals surface area contributed by atoms with Crippen molar-refractivity contribution in [3.05, 3.63) is 41.3 Å². The van der Waals surface area contributed by atoms with Crippen molar-refractivity contribution in [1.29, 1.82) is 0 Å². The highest BCUT2D eigenvalue weighted by atomic mass is 32.2. The summed E-state index contributed by atoms with van der Waals surface area (Å²) in [7, 11) is -4.03. The van der Waals surface area contributed by atoms with Crippen LogP contribution in [0.3, 0.4) is 0 Å². The number of aryl methyl sites for hydroxylation is 2. The van der Waals surface area contributed by atoms with E-state index in [1.807, 2.05) is 12.1 Å². The SMILES string of the molecule is Cc1noc(C)c1S(=O)(=O)N(CC(=O)NC1CCCCCC1)c1ccc(C(C)C)cc1. The Labute approximate surface area is 185 Å². The number of amides is 1. The van der Waals surface area contributed by atoms with E-state index < -0.39 is 10.0 Å². The molecule has 1 heterocycles. The van der Waals surface area contributed by atoms with Crippen molar-refractivity contribution < 1.29 is 17.7 Å². The molecule has 1 aliphatic carbocycles. The molecule has 1 amide bonds. The second-order valence-electron chi connectivity index (χ2n) is 8.67. The molecule has 1 aromatic carbocycles. The van der Waals surface area contributed by atoms with E-state index in [0.29, 0.717) is 11.6 Å². The molecule has 3 rings (SSSR count). The van der Waals surface area contributed by atoms with Crippen LogP contribution in [-0.2, 0) is 14.8 Å². The van der Waals surface area contributed by atoms with Crippen LogP contribution < -0.4 is 9.62 Å². The topological polar surface area (TPSA) is 92.5 Å². The summed E-state index contributed by atoms with van der Waals surface area (Å²) in [5.74, 6) is 0.237. The van der Waals surface area contributed by atoms with E-state index in [0.717, 1.165) is 35.6 Å². The molecule has 31 heavy (non-hydrogen) atoms. The Morgan fingerprint density at radius 2 is 1.74 bits per heavy atom. The Kier molecular flexibility index (Phi) is 7.41. The molecule has 1 N–H and O–H groups in total. The molecule has 0 unspecified atom stereocenters. The molecule has 1 aliphatic rings. The van der Waals surface area contributed by atoms with Gasteiger partial charge in [0.1, 0.15) is 12.2 Å². The highest BCUT2D eigenvalue weighted by molar-refractivity contribution is 7.93. The van der Waals surface area contributed by atoms with Crippen LogP contribution in [0.4, 0.5) is 5.69 Å². The molecule has 1 aromatic heterocycles. The minimum Gasteiger partial charge on any atom is -0.360 e. The van der Waals surface area contributed by atoms with Crippen LogP contribution >= 0.6 is 0 Å². The van der Waals surface area contributed by atoms with Crippen molar-refractivity contribution in [3.63, 3.8) is 0 Å². The number of hydrogen-bond acceptors (Lipinski definition) is 5. The minimum atomic E-state index is -4.03. The Hall–Kier alpha value is -2.35. The van der Waals surface area contributed by atoms with Crippen LogP contribution in [0.5, 0.6) is 0 Å². The molecular formula is C23H33N3O4S. The van der Waals surface area contributed by atoms with Gasteiger partial charge in [0, 0.05) is 6.04 Å². The number of carbonyl (C=O) groups is 1. The molecule has 7 nitrogen and oxygen atoms in total. The number of anilines is 1. The molecule has 1 fully saturated rings. The quantitative estimate of drug-likeness (QED) is 0.633. The maximum atomic E-state index is 13.6. The third kappa shape index (κ3) is 5.47. The molecule has 0 bridgehead atoms. The first-order valence-electron chi connectivity index (χ1n) is 11.0. The molecule has 0 spiro atoms. The van der Waals surface area contributed by atoms with Crippen LogP contribution in [0.2, 0.25) is 0 Å². The number of benzene rings is 1. The fourth-order valence-electron chi connectivity index (χ4n) is 4.12. The third-order valence-electron chi connectivity index (χ3n) is 5.87. The molecule has 8 heteroatoms. The van der Waals surface area contributed by atoms with Gasteiger partial charge < -0.3 is 9.84 Å². The first kappa shape index (κ1) is 23.3.